The van der Waals surface area contributed by atoms with Gasteiger partial charge < -0.3 is 0 Å². The summed E-state index contributed by atoms with van der Waals surface area (Å²) in [4.78, 5) is 4.97. The van der Waals surface area contributed by atoms with Gasteiger partial charge in [0.1, 0.15) is 11.2 Å². The van der Waals surface area contributed by atoms with Gasteiger partial charge in [0.25, 0.3) is 0 Å². The van der Waals surface area contributed by atoms with E-state index in [0.29, 0.717) is 0 Å². The molecule has 0 aliphatic rings. The van der Waals surface area contributed by atoms with E-state index in [1.165, 1.54) is 5.56 Å². The Morgan fingerprint density at radius 3 is 2.08 bits per heavy atom. The Morgan fingerprint density at radius 1 is 0.731 bits per heavy atom. The summed E-state index contributed by atoms with van der Waals surface area (Å²) in [6, 6.07) is 26.6. The minimum absolute atomic E-state index is 0.848. The van der Waals surface area contributed by atoms with Crippen LogP contribution in [0.15, 0.2) is 78.9 Å². The van der Waals surface area contributed by atoms with Gasteiger partial charge in [-0.1, -0.05) is 71.9 Å². The predicted octanol–water partition coefficient (Wildman–Crippen LogP) is 4.92. The molecule has 0 N–H and O–H groups in total. The van der Waals surface area contributed by atoms with Crippen LogP contribution in [0.5, 0.6) is 0 Å². The number of hydrogen-bond acceptors (Lipinski definition) is 3. The van der Waals surface area contributed by atoms with E-state index in [2.05, 4.69) is 53.6 Å². The van der Waals surface area contributed by atoms with Gasteiger partial charge >= 0.3 is 0 Å². The number of aromatic nitrogens is 4. The molecule has 5 aromatic rings. The van der Waals surface area contributed by atoms with Crippen LogP contribution in [0.2, 0.25) is 0 Å². The molecule has 0 saturated heterocycles. The van der Waals surface area contributed by atoms with Crippen LogP contribution in [0.3, 0.4) is 0 Å². The lowest BCUT2D eigenvalue weighted by molar-refractivity contribution is 0.881. The van der Waals surface area contributed by atoms with Gasteiger partial charge in [0.2, 0.25) is 0 Å². The van der Waals surface area contributed by atoms with E-state index in [0.717, 1.165) is 39.1 Å². The molecule has 26 heavy (non-hydrogen) atoms. The van der Waals surface area contributed by atoms with Gasteiger partial charge in [-0.05, 0) is 24.6 Å². The molecule has 3 aromatic carbocycles. The highest BCUT2D eigenvalue weighted by Crippen LogP contribution is 2.32. The van der Waals surface area contributed by atoms with Crippen LogP contribution >= 0.6 is 0 Å². The van der Waals surface area contributed by atoms with Crippen LogP contribution in [-0.4, -0.2) is 19.8 Å². The zero-order chi connectivity index (χ0) is 17.5. The average molecular weight is 336 g/mol. The third kappa shape index (κ3) is 2.27. The fourth-order valence-electron chi connectivity index (χ4n) is 3.32. The maximum atomic E-state index is 4.97. The summed E-state index contributed by atoms with van der Waals surface area (Å²) in [5.41, 5.74) is 7.81. The van der Waals surface area contributed by atoms with Crippen molar-refractivity contribution in [3.05, 3.63) is 84.4 Å². The van der Waals surface area contributed by atoms with Gasteiger partial charge in [0.15, 0.2) is 0 Å². The van der Waals surface area contributed by atoms with Crippen molar-refractivity contribution in [3.8, 4) is 22.5 Å². The number of benzene rings is 3. The summed E-state index contributed by atoms with van der Waals surface area (Å²) in [6.45, 7) is 2.07. The highest BCUT2D eigenvalue weighted by Gasteiger charge is 2.18. The standard InChI is InChI=1S/C22H16N4/c1-15-12-13-18-19(14-15)26-22(20(23-18)16-8-4-2-5-9-16)21(24-25-26)17-10-6-3-7-11-17/h2-14H,1H3. The molecule has 0 bridgehead atoms. The highest BCUT2D eigenvalue weighted by atomic mass is 15.4. The van der Waals surface area contributed by atoms with Gasteiger partial charge in [-0.15, -0.1) is 5.10 Å². The smallest absolute Gasteiger partial charge is 0.123 e. The van der Waals surface area contributed by atoms with Crippen LogP contribution < -0.4 is 0 Å². The van der Waals surface area contributed by atoms with Crippen molar-refractivity contribution in [2.75, 3.05) is 0 Å². The maximum Gasteiger partial charge on any atom is 0.123 e. The summed E-state index contributed by atoms with van der Waals surface area (Å²) < 4.78 is 1.92. The lowest BCUT2D eigenvalue weighted by Crippen LogP contribution is -1.98. The zero-order valence-corrected chi connectivity index (χ0v) is 14.3. The number of aryl methyl sites for hydroxylation is 1. The molecule has 4 heteroatoms. The van der Waals surface area contributed by atoms with Crippen LogP contribution in [-0.2, 0) is 0 Å². The molecule has 2 heterocycles. The largest absolute Gasteiger partial charge is 0.244 e. The molecule has 0 saturated carbocycles. The van der Waals surface area contributed by atoms with Crippen LogP contribution in [0, 0.1) is 6.92 Å². The Kier molecular flexibility index (Phi) is 3.28. The molecule has 0 radical (unpaired) electrons. The summed E-state index contributed by atoms with van der Waals surface area (Å²) in [5, 5.41) is 8.98. The van der Waals surface area contributed by atoms with Gasteiger partial charge in [0.05, 0.1) is 16.7 Å². The Balaban J connectivity index is 1.94. The van der Waals surface area contributed by atoms with E-state index in [1.54, 1.807) is 0 Å². The van der Waals surface area contributed by atoms with E-state index < -0.39 is 0 Å². The lowest BCUT2D eigenvalue weighted by Gasteiger charge is -2.09. The normalized spacial score (nSPS) is 11.3. The van der Waals surface area contributed by atoms with Crippen molar-refractivity contribution >= 4 is 16.6 Å². The molecule has 0 spiro atoms. The molecule has 2 aromatic heterocycles. The molecule has 0 atom stereocenters. The second kappa shape index (κ2) is 5.77. The lowest BCUT2D eigenvalue weighted by atomic mass is 10.1. The first-order valence-electron chi connectivity index (χ1n) is 8.58. The third-order valence-electron chi connectivity index (χ3n) is 4.58. The molecule has 0 unspecified atom stereocenters. The third-order valence-corrected chi connectivity index (χ3v) is 4.58. The van der Waals surface area contributed by atoms with Crippen molar-refractivity contribution in [1.29, 1.82) is 0 Å². The Hall–Kier alpha value is -3.53. The Morgan fingerprint density at radius 2 is 1.38 bits per heavy atom. The monoisotopic (exact) mass is 336 g/mol. The van der Waals surface area contributed by atoms with Gasteiger partial charge in [-0.2, -0.15) is 0 Å². The second-order valence-electron chi connectivity index (χ2n) is 6.38. The molecule has 0 aliphatic heterocycles. The quantitative estimate of drug-likeness (QED) is 0.459. The summed E-state index contributed by atoms with van der Waals surface area (Å²) in [5.74, 6) is 0. The first-order valence-corrected chi connectivity index (χ1v) is 8.58. The first kappa shape index (κ1) is 14.8. The van der Waals surface area contributed by atoms with E-state index >= 15 is 0 Å². The second-order valence-corrected chi connectivity index (χ2v) is 6.38. The predicted molar refractivity (Wildman–Crippen MR) is 104 cm³/mol. The minimum atomic E-state index is 0.848. The Labute approximate surface area is 150 Å². The van der Waals surface area contributed by atoms with Crippen LogP contribution in [0.4, 0.5) is 0 Å². The van der Waals surface area contributed by atoms with E-state index in [-0.39, 0.29) is 0 Å². The van der Waals surface area contributed by atoms with E-state index in [1.807, 2.05) is 47.0 Å². The SMILES string of the molecule is Cc1ccc2nc(-c3ccccc3)c3c(-c4ccccc4)nnn3c2c1. The van der Waals surface area contributed by atoms with E-state index in [9.17, 15) is 0 Å². The molecule has 0 amide bonds. The molecule has 0 aliphatic carbocycles. The van der Waals surface area contributed by atoms with Gasteiger partial charge in [-0.25, -0.2) is 9.50 Å². The number of rotatable bonds is 2. The van der Waals surface area contributed by atoms with Crippen molar-refractivity contribution < 1.29 is 0 Å². The summed E-state index contributed by atoms with van der Waals surface area (Å²) in [7, 11) is 0. The Bertz CT molecular complexity index is 1220. The fraction of sp³-hybridized carbons (Fsp3) is 0.0455. The van der Waals surface area contributed by atoms with Gasteiger partial charge in [-0.3, -0.25) is 0 Å². The molecule has 4 nitrogen and oxygen atoms in total. The first-order chi connectivity index (χ1) is 12.8. The number of fused-ring (bicyclic) bond motifs is 3. The van der Waals surface area contributed by atoms with Crippen LogP contribution in [0.1, 0.15) is 5.56 Å². The highest BCUT2D eigenvalue weighted by molar-refractivity contribution is 5.94. The molecule has 124 valence electrons. The number of nitrogens with zero attached hydrogens (tertiary/aromatic N) is 4. The van der Waals surface area contributed by atoms with Crippen LogP contribution in [0.25, 0.3) is 39.1 Å². The zero-order valence-electron chi connectivity index (χ0n) is 14.3. The summed E-state index contributed by atoms with van der Waals surface area (Å²) >= 11 is 0. The van der Waals surface area contributed by atoms with Crippen molar-refractivity contribution in [3.63, 3.8) is 0 Å². The fourth-order valence-corrected chi connectivity index (χ4v) is 3.32. The average Bonchev–Trinajstić information content (AvgIpc) is 3.14. The molecular formula is C22H16N4. The number of hydrogen-bond donors (Lipinski definition) is 0. The summed E-state index contributed by atoms with van der Waals surface area (Å²) in [6.07, 6.45) is 0. The van der Waals surface area contributed by atoms with Crippen molar-refractivity contribution in [2.24, 2.45) is 0 Å². The van der Waals surface area contributed by atoms with E-state index in [4.69, 9.17) is 4.98 Å². The van der Waals surface area contributed by atoms with Gasteiger partial charge in [0, 0.05) is 11.1 Å². The maximum absolute atomic E-state index is 4.97. The molecule has 0 fully saturated rings. The molecule has 5 rings (SSSR count). The van der Waals surface area contributed by atoms with Crippen molar-refractivity contribution in [1.82, 2.24) is 19.8 Å². The minimum Gasteiger partial charge on any atom is -0.244 e. The topological polar surface area (TPSA) is 43.1 Å². The molecular weight excluding hydrogens is 320 g/mol. The van der Waals surface area contributed by atoms with Crippen molar-refractivity contribution in [2.45, 2.75) is 6.92 Å².